The Morgan fingerprint density at radius 2 is 1.89 bits per heavy atom. The van der Waals surface area contributed by atoms with Crippen LogP contribution in [0.5, 0.6) is 0 Å². The van der Waals surface area contributed by atoms with Gasteiger partial charge in [-0.15, -0.1) is 11.8 Å². The first kappa shape index (κ1) is 17.2. The molecule has 0 spiro atoms. The van der Waals surface area contributed by atoms with Gasteiger partial charge in [-0.2, -0.15) is 0 Å². The van der Waals surface area contributed by atoms with Gasteiger partial charge in [-0.1, -0.05) is 12.1 Å². The maximum Gasteiger partial charge on any atom is 0.254 e. The van der Waals surface area contributed by atoms with E-state index in [0.29, 0.717) is 17.1 Å². The molecule has 7 heteroatoms. The van der Waals surface area contributed by atoms with Gasteiger partial charge in [-0.05, 0) is 42.0 Å². The zero-order valence-corrected chi connectivity index (χ0v) is 15.2. The molecule has 0 aliphatic rings. The van der Waals surface area contributed by atoms with Crippen LogP contribution in [0.1, 0.15) is 21.7 Å². The first-order valence-corrected chi connectivity index (χ1v) is 9.47. The standard InChI is InChI=1S/C20H17N5OS/c26-19(23-12-18-24-16-5-1-2-6-17(16)25-18)15-4-3-9-22-20(15)27-13-14-7-10-21-11-8-14/h1-11H,12-13H2,(H,23,26)(H,24,25). The maximum atomic E-state index is 12.6. The molecule has 1 aromatic carbocycles. The van der Waals surface area contributed by atoms with Crippen LogP contribution in [0.25, 0.3) is 11.0 Å². The van der Waals surface area contributed by atoms with Crippen molar-refractivity contribution in [2.24, 2.45) is 0 Å². The summed E-state index contributed by atoms with van der Waals surface area (Å²) in [6, 6.07) is 15.3. The van der Waals surface area contributed by atoms with Gasteiger partial charge in [0.1, 0.15) is 10.9 Å². The molecule has 0 radical (unpaired) electrons. The number of hydrogen-bond donors (Lipinski definition) is 2. The predicted molar refractivity (Wildman–Crippen MR) is 105 cm³/mol. The minimum atomic E-state index is -0.166. The Balaban J connectivity index is 1.43. The number of para-hydroxylation sites is 2. The van der Waals surface area contributed by atoms with Gasteiger partial charge in [-0.3, -0.25) is 9.78 Å². The van der Waals surface area contributed by atoms with Gasteiger partial charge in [0.2, 0.25) is 0 Å². The van der Waals surface area contributed by atoms with Crippen molar-refractivity contribution in [2.45, 2.75) is 17.3 Å². The number of aromatic amines is 1. The topological polar surface area (TPSA) is 83.6 Å². The number of imidazole rings is 1. The number of fused-ring (bicyclic) bond motifs is 1. The number of thioether (sulfide) groups is 1. The highest BCUT2D eigenvalue weighted by atomic mass is 32.2. The number of amides is 1. The van der Waals surface area contributed by atoms with Crippen molar-refractivity contribution in [1.82, 2.24) is 25.3 Å². The highest BCUT2D eigenvalue weighted by molar-refractivity contribution is 7.98. The molecule has 0 fully saturated rings. The van der Waals surface area contributed by atoms with Crippen LogP contribution >= 0.6 is 11.8 Å². The Labute approximate surface area is 160 Å². The first-order chi connectivity index (χ1) is 13.3. The van der Waals surface area contributed by atoms with E-state index in [1.807, 2.05) is 36.4 Å². The van der Waals surface area contributed by atoms with Crippen molar-refractivity contribution < 1.29 is 4.79 Å². The number of pyridine rings is 2. The smallest absolute Gasteiger partial charge is 0.254 e. The second-order valence-electron chi connectivity index (χ2n) is 5.88. The van der Waals surface area contributed by atoms with E-state index in [0.717, 1.165) is 28.2 Å². The van der Waals surface area contributed by atoms with E-state index >= 15 is 0 Å². The van der Waals surface area contributed by atoms with Crippen LogP contribution in [0.4, 0.5) is 0 Å². The van der Waals surface area contributed by atoms with Gasteiger partial charge in [-0.25, -0.2) is 9.97 Å². The second kappa shape index (κ2) is 8.01. The Kier molecular flexibility index (Phi) is 5.11. The van der Waals surface area contributed by atoms with Crippen LogP contribution in [-0.4, -0.2) is 25.8 Å². The minimum Gasteiger partial charge on any atom is -0.345 e. The van der Waals surface area contributed by atoms with E-state index in [4.69, 9.17) is 0 Å². The van der Waals surface area contributed by atoms with E-state index in [-0.39, 0.29) is 5.91 Å². The van der Waals surface area contributed by atoms with E-state index < -0.39 is 0 Å². The van der Waals surface area contributed by atoms with E-state index in [1.54, 1.807) is 30.7 Å². The Morgan fingerprint density at radius 3 is 2.74 bits per heavy atom. The molecule has 27 heavy (non-hydrogen) atoms. The second-order valence-corrected chi connectivity index (χ2v) is 6.85. The quantitative estimate of drug-likeness (QED) is 0.503. The number of rotatable bonds is 6. The number of carbonyl (C=O) groups is 1. The first-order valence-electron chi connectivity index (χ1n) is 8.48. The predicted octanol–water partition coefficient (Wildman–Crippen LogP) is 3.58. The fourth-order valence-corrected chi connectivity index (χ4v) is 3.61. The van der Waals surface area contributed by atoms with Crippen LogP contribution < -0.4 is 5.32 Å². The summed E-state index contributed by atoms with van der Waals surface area (Å²) in [5, 5.41) is 3.62. The number of hydrogen-bond acceptors (Lipinski definition) is 5. The number of nitrogens with one attached hydrogen (secondary N) is 2. The van der Waals surface area contributed by atoms with Crippen LogP contribution in [0.3, 0.4) is 0 Å². The average molecular weight is 375 g/mol. The lowest BCUT2D eigenvalue weighted by Gasteiger charge is -2.08. The lowest BCUT2D eigenvalue weighted by molar-refractivity contribution is 0.0946. The molecular weight excluding hydrogens is 358 g/mol. The van der Waals surface area contributed by atoms with Gasteiger partial charge in [0.25, 0.3) is 5.91 Å². The molecule has 1 amide bonds. The van der Waals surface area contributed by atoms with Crippen LogP contribution in [-0.2, 0) is 12.3 Å². The van der Waals surface area contributed by atoms with Gasteiger partial charge in [0, 0.05) is 24.3 Å². The molecule has 0 saturated carbocycles. The summed E-state index contributed by atoms with van der Waals surface area (Å²) in [4.78, 5) is 28.7. The molecule has 3 heterocycles. The summed E-state index contributed by atoms with van der Waals surface area (Å²) in [5.41, 5.74) is 3.54. The largest absolute Gasteiger partial charge is 0.345 e. The summed E-state index contributed by atoms with van der Waals surface area (Å²) >= 11 is 1.53. The van der Waals surface area contributed by atoms with Gasteiger partial charge < -0.3 is 10.3 Å². The van der Waals surface area contributed by atoms with Gasteiger partial charge >= 0.3 is 0 Å². The van der Waals surface area contributed by atoms with Crippen molar-refractivity contribution in [3.05, 3.63) is 84.1 Å². The summed E-state index contributed by atoms with van der Waals surface area (Å²) in [7, 11) is 0. The van der Waals surface area contributed by atoms with Crippen molar-refractivity contribution in [1.29, 1.82) is 0 Å². The lowest BCUT2D eigenvalue weighted by Crippen LogP contribution is -2.24. The maximum absolute atomic E-state index is 12.6. The number of benzene rings is 1. The van der Waals surface area contributed by atoms with Crippen molar-refractivity contribution >= 4 is 28.7 Å². The van der Waals surface area contributed by atoms with E-state index in [1.165, 1.54) is 11.8 Å². The molecular formula is C20H17N5OS. The molecule has 6 nitrogen and oxygen atoms in total. The average Bonchev–Trinajstić information content (AvgIpc) is 3.14. The van der Waals surface area contributed by atoms with Crippen molar-refractivity contribution in [3.8, 4) is 0 Å². The fraction of sp³-hybridized carbons (Fsp3) is 0.100. The van der Waals surface area contributed by atoms with Gasteiger partial charge in [0.15, 0.2) is 0 Å². The number of aromatic nitrogens is 4. The molecule has 4 aromatic rings. The summed E-state index contributed by atoms with van der Waals surface area (Å²) < 4.78 is 0. The fourth-order valence-electron chi connectivity index (χ4n) is 2.66. The number of carbonyl (C=O) groups excluding carboxylic acids is 1. The lowest BCUT2D eigenvalue weighted by atomic mass is 10.2. The molecule has 4 rings (SSSR count). The van der Waals surface area contributed by atoms with E-state index in [2.05, 4.69) is 25.3 Å². The third-order valence-corrected chi connectivity index (χ3v) is 5.07. The molecule has 0 saturated heterocycles. The molecule has 2 N–H and O–H groups in total. The third-order valence-electron chi connectivity index (χ3n) is 4.00. The molecule has 0 bridgehead atoms. The number of nitrogens with zero attached hydrogens (tertiary/aromatic N) is 3. The third kappa shape index (κ3) is 4.15. The zero-order chi connectivity index (χ0) is 18.5. The summed E-state index contributed by atoms with van der Waals surface area (Å²) in [6.07, 6.45) is 5.22. The molecule has 0 unspecified atom stereocenters. The van der Waals surface area contributed by atoms with Crippen LogP contribution in [0.15, 0.2) is 72.1 Å². The highest BCUT2D eigenvalue weighted by Gasteiger charge is 2.13. The minimum absolute atomic E-state index is 0.166. The van der Waals surface area contributed by atoms with Crippen LogP contribution in [0.2, 0.25) is 0 Å². The Bertz CT molecular complexity index is 1030. The molecule has 0 atom stereocenters. The summed E-state index contributed by atoms with van der Waals surface area (Å²) in [6.45, 7) is 0.330. The summed E-state index contributed by atoms with van der Waals surface area (Å²) in [5.74, 6) is 1.28. The highest BCUT2D eigenvalue weighted by Crippen LogP contribution is 2.24. The normalized spacial score (nSPS) is 10.8. The van der Waals surface area contributed by atoms with Gasteiger partial charge in [0.05, 0.1) is 23.1 Å². The van der Waals surface area contributed by atoms with Crippen molar-refractivity contribution in [2.75, 3.05) is 0 Å². The zero-order valence-electron chi connectivity index (χ0n) is 14.4. The van der Waals surface area contributed by atoms with Crippen LogP contribution in [0, 0.1) is 0 Å². The SMILES string of the molecule is O=C(NCc1nc2ccccc2[nH]1)c1cccnc1SCc1ccncc1. The molecule has 3 aromatic heterocycles. The monoisotopic (exact) mass is 375 g/mol. The Hall–Kier alpha value is -3.19. The van der Waals surface area contributed by atoms with E-state index in [9.17, 15) is 4.79 Å². The molecule has 0 aliphatic carbocycles. The Morgan fingerprint density at radius 1 is 1.04 bits per heavy atom. The molecule has 0 aliphatic heterocycles. The van der Waals surface area contributed by atoms with Crippen molar-refractivity contribution in [3.63, 3.8) is 0 Å². The number of H-pyrrole nitrogens is 1. The molecule has 134 valence electrons.